The standard InChI is InChI=1S/C39H44O10S2/c1-43-39-38(47-25-32-20-12-5-13-21-32)37(49-51(40,41)42)34(48-39)28-50-27-33(45-23-30-16-8-3-9-17-30)36(46-24-31-18-10-4-11-19-31)35(50)26-44-22-29-14-6-2-7-15-29/h2-21,33-39H,22-28H2,1H3/p+1/t33-,34-,35-,36+,37-,38+,39+,50?/m1/s1. The van der Waals surface area contributed by atoms with E-state index in [1.165, 1.54) is 7.11 Å². The van der Waals surface area contributed by atoms with Crippen LogP contribution in [0.4, 0.5) is 0 Å². The van der Waals surface area contributed by atoms with Gasteiger partial charge in [-0.2, -0.15) is 8.42 Å². The van der Waals surface area contributed by atoms with Crippen molar-refractivity contribution < 1.29 is 45.6 Å². The number of hydrogen-bond acceptors (Lipinski definition) is 9. The Bertz CT molecular complexity index is 1700. The molecule has 0 bridgehead atoms. The van der Waals surface area contributed by atoms with Gasteiger partial charge in [-0.3, -0.25) is 4.55 Å². The maximum Gasteiger partial charge on any atom is 0.397 e. The van der Waals surface area contributed by atoms with Crippen molar-refractivity contribution in [3.8, 4) is 0 Å². The summed E-state index contributed by atoms with van der Waals surface area (Å²) in [7, 11) is -3.88. The quantitative estimate of drug-likeness (QED) is 0.103. The zero-order valence-electron chi connectivity index (χ0n) is 28.5. The third kappa shape index (κ3) is 10.9. The number of methoxy groups -OCH3 is 1. The first-order valence-corrected chi connectivity index (χ1v) is 19.9. The van der Waals surface area contributed by atoms with Gasteiger partial charge >= 0.3 is 10.4 Å². The SMILES string of the molecule is CO[C@H]1O[C@H](C[S+]2C[C@@H](OCc3ccccc3)[C@H](OCc3ccccc3)[C@H]2COCc2ccccc2)[C@@H](OS(=O)(=O)O)[C@@H]1OCc1ccccc1. The summed E-state index contributed by atoms with van der Waals surface area (Å²) >= 11 is 0. The van der Waals surface area contributed by atoms with Gasteiger partial charge in [-0.1, -0.05) is 121 Å². The normalized spacial score (nSPS) is 26.4. The molecule has 2 fully saturated rings. The molecule has 0 saturated carbocycles. The lowest BCUT2D eigenvalue weighted by molar-refractivity contribution is -0.162. The van der Waals surface area contributed by atoms with Crippen molar-refractivity contribution in [1.29, 1.82) is 0 Å². The Morgan fingerprint density at radius 1 is 0.667 bits per heavy atom. The summed E-state index contributed by atoms with van der Waals surface area (Å²) in [6.07, 6.45) is -4.44. The van der Waals surface area contributed by atoms with Crippen LogP contribution in [0.5, 0.6) is 0 Å². The Kier molecular flexibility index (Phi) is 13.7. The minimum absolute atomic E-state index is 0.126. The van der Waals surface area contributed by atoms with Crippen LogP contribution in [0.3, 0.4) is 0 Å². The van der Waals surface area contributed by atoms with Crippen molar-refractivity contribution in [2.75, 3.05) is 25.2 Å². The van der Waals surface area contributed by atoms with Crippen LogP contribution in [-0.4, -0.2) is 80.3 Å². The first kappa shape index (κ1) is 37.6. The average molecular weight is 738 g/mol. The minimum Gasteiger partial charge on any atom is -0.371 e. The third-order valence-corrected chi connectivity index (χ3v) is 12.2. The summed E-state index contributed by atoms with van der Waals surface area (Å²) in [5.41, 5.74) is 4.02. The molecule has 6 rings (SSSR count). The largest absolute Gasteiger partial charge is 0.397 e. The van der Waals surface area contributed by atoms with Crippen LogP contribution in [-0.2, 0) is 80.3 Å². The summed E-state index contributed by atoms with van der Waals surface area (Å²) in [5, 5.41) is -0.126. The highest BCUT2D eigenvalue weighted by Crippen LogP contribution is 2.36. The highest BCUT2D eigenvalue weighted by atomic mass is 32.3. The van der Waals surface area contributed by atoms with Gasteiger partial charge in [0.15, 0.2) is 11.5 Å². The molecule has 8 atom stereocenters. The van der Waals surface area contributed by atoms with E-state index in [1.807, 2.05) is 121 Å². The molecule has 0 aliphatic carbocycles. The van der Waals surface area contributed by atoms with Gasteiger partial charge in [0.2, 0.25) is 0 Å². The van der Waals surface area contributed by atoms with Gasteiger partial charge in [0.1, 0.15) is 42.0 Å². The van der Waals surface area contributed by atoms with E-state index in [0.29, 0.717) is 37.9 Å². The predicted octanol–water partition coefficient (Wildman–Crippen LogP) is 5.52. The van der Waals surface area contributed by atoms with Crippen molar-refractivity contribution >= 4 is 21.3 Å². The number of rotatable bonds is 18. The smallest absolute Gasteiger partial charge is 0.371 e. The third-order valence-electron chi connectivity index (χ3n) is 8.92. The lowest BCUT2D eigenvalue weighted by Gasteiger charge is -2.24. The minimum atomic E-state index is -4.87. The Hall–Kier alpha value is -3.14. The van der Waals surface area contributed by atoms with E-state index in [9.17, 15) is 13.0 Å². The highest BCUT2D eigenvalue weighted by molar-refractivity contribution is 7.97. The summed E-state index contributed by atoms with van der Waals surface area (Å²) in [5.74, 6) is 0.998. The van der Waals surface area contributed by atoms with Gasteiger partial charge in [0.05, 0.1) is 33.0 Å². The van der Waals surface area contributed by atoms with E-state index in [1.54, 1.807) is 0 Å². The molecule has 10 nitrogen and oxygen atoms in total. The molecule has 2 heterocycles. The van der Waals surface area contributed by atoms with Crippen molar-refractivity contribution in [1.82, 2.24) is 0 Å². The summed E-state index contributed by atoms with van der Waals surface area (Å²) in [6, 6.07) is 39.4. The molecule has 2 aliphatic heterocycles. The van der Waals surface area contributed by atoms with E-state index in [0.717, 1.165) is 22.3 Å². The summed E-state index contributed by atoms with van der Waals surface area (Å²) in [6.45, 7) is 1.75. The molecule has 4 aromatic carbocycles. The number of benzene rings is 4. The Labute approximate surface area is 303 Å². The van der Waals surface area contributed by atoms with E-state index >= 15 is 0 Å². The maximum absolute atomic E-state index is 12.2. The number of hydrogen-bond donors (Lipinski definition) is 1. The maximum atomic E-state index is 12.2. The predicted molar refractivity (Wildman–Crippen MR) is 194 cm³/mol. The molecule has 272 valence electrons. The van der Waals surface area contributed by atoms with Crippen LogP contribution in [0.25, 0.3) is 0 Å². The van der Waals surface area contributed by atoms with Crippen molar-refractivity contribution in [3.63, 3.8) is 0 Å². The fourth-order valence-corrected chi connectivity index (χ4v) is 9.90. The van der Waals surface area contributed by atoms with Crippen LogP contribution in [0.15, 0.2) is 121 Å². The van der Waals surface area contributed by atoms with Crippen molar-refractivity contribution in [3.05, 3.63) is 144 Å². The zero-order chi connectivity index (χ0) is 35.5. The fraction of sp³-hybridized carbons (Fsp3) is 0.385. The second-order valence-electron chi connectivity index (χ2n) is 12.5. The second kappa shape index (κ2) is 18.6. The Morgan fingerprint density at radius 3 is 1.63 bits per heavy atom. The molecule has 2 aliphatic rings. The van der Waals surface area contributed by atoms with E-state index < -0.39 is 45.9 Å². The summed E-state index contributed by atoms with van der Waals surface area (Å²) < 4.78 is 77.4. The van der Waals surface area contributed by atoms with Gasteiger partial charge in [0.25, 0.3) is 0 Å². The van der Waals surface area contributed by atoms with Crippen LogP contribution in [0.2, 0.25) is 0 Å². The van der Waals surface area contributed by atoms with Crippen molar-refractivity contribution in [2.45, 2.75) is 68.5 Å². The first-order chi connectivity index (χ1) is 24.9. The molecular weight excluding hydrogens is 693 g/mol. The monoisotopic (exact) mass is 737 g/mol. The molecule has 2 saturated heterocycles. The van der Waals surface area contributed by atoms with Crippen LogP contribution in [0, 0.1) is 0 Å². The Balaban J connectivity index is 1.25. The topological polar surface area (TPSA) is 119 Å². The molecule has 0 amide bonds. The van der Waals surface area contributed by atoms with Gasteiger partial charge in [-0.25, -0.2) is 4.18 Å². The second-order valence-corrected chi connectivity index (χ2v) is 15.9. The van der Waals surface area contributed by atoms with Crippen LogP contribution < -0.4 is 0 Å². The first-order valence-electron chi connectivity index (χ1n) is 16.9. The van der Waals surface area contributed by atoms with Crippen LogP contribution >= 0.6 is 0 Å². The molecule has 51 heavy (non-hydrogen) atoms. The summed E-state index contributed by atoms with van der Waals surface area (Å²) in [4.78, 5) is 0. The van der Waals surface area contributed by atoms with Gasteiger partial charge in [-0.05, 0) is 22.3 Å². The lowest BCUT2D eigenvalue weighted by atomic mass is 10.1. The average Bonchev–Trinajstić information content (AvgIpc) is 3.65. The van der Waals surface area contributed by atoms with Gasteiger partial charge in [0, 0.05) is 18.0 Å². The molecule has 1 unspecified atom stereocenters. The molecule has 0 aromatic heterocycles. The molecule has 4 aromatic rings. The van der Waals surface area contributed by atoms with Crippen molar-refractivity contribution in [2.24, 2.45) is 0 Å². The van der Waals surface area contributed by atoms with E-state index in [-0.39, 0.29) is 24.1 Å². The highest BCUT2D eigenvalue weighted by Gasteiger charge is 2.57. The molecule has 12 heteroatoms. The molecule has 0 radical (unpaired) electrons. The zero-order valence-corrected chi connectivity index (χ0v) is 30.1. The van der Waals surface area contributed by atoms with E-state index in [2.05, 4.69) is 0 Å². The Morgan fingerprint density at radius 2 is 1.14 bits per heavy atom. The molecule has 0 spiro atoms. The van der Waals surface area contributed by atoms with Gasteiger partial charge in [-0.15, -0.1) is 0 Å². The number of ether oxygens (including phenoxy) is 6. The molecule has 1 N–H and O–H groups in total. The molecular formula is C39H45O10S2+. The van der Waals surface area contributed by atoms with Crippen LogP contribution in [0.1, 0.15) is 22.3 Å². The lowest BCUT2D eigenvalue weighted by Crippen LogP contribution is -2.44. The fourth-order valence-electron chi connectivity index (χ4n) is 6.44. The van der Waals surface area contributed by atoms with Gasteiger partial charge < -0.3 is 28.4 Å². The van der Waals surface area contributed by atoms with E-state index in [4.69, 9.17) is 32.6 Å².